The molecule has 0 aliphatic heterocycles. The molecule has 0 atom stereocenters. The molecule has 0 bridgehead atoms. The topological polar surface area (TPSA) is 17.1 Å². The summed E-state index contributed by atoms with van der Waals surface area (Å²) in [5.74, 6) is -1.75. The predicted molar refractivity (Wildman–Crippen MR) is 52.8 cm³/mol. The highest BCUT2D eigenvalue weighted by Gasteiger charge is 2.34. The van der Waals surface area contributed by atoms with E-state index in [0.29, 0.717) is 6.07 Å². The number of halogens is 4. The third-order valence-corrected chi connectivity index (χ3v) is 1.67. The van der Waals surface area contributed by atoms with Crippen LogP contribution in [0.5, 0.6) is 0 Å². The van der Waals surface area contributed by atoms with Crippen LogP contribution in [0.4, 0.5) is 17.6 Å². The Morgan fingerprint density at radius 3 is 2.06 bits per heavy atom. The molecule has 1 nitrogen and oxygen atoms in total. The monoisotopic (exact) mass is 236 g/mol. The third kappa shape index (κ3) is 3.64. The Bertz CT molecular complexity index is 369. The maximum Gasteiger partial charge on any atom is 0.417 e. The molecule has 0 aliphatic rings. The lowest BCUT2D eigenvalue weighted by molar-refractivity contribution is -0.138. The number of rotatable bonds is 1. The van der Waals surface area contributed by atoms with Crippen LogP contribution in [-0.4, -0.2) is 5.78 Å². The van der Waals surface area contributed by atoms with Gasteiger partial charge in [0, 0.05) is 5.56 Å². The summed E-state index contributed by atoms with van der Waals surface area (Å²) in [6.07, 6.45) is -4.71. The molecular weight excluding hydrogens is 224 g/mol. The largest absolute Gasteiger partial charge is 0.417 e. The van der Waals surface area contributed by atoms with Gasteiger partial charge in [0.25, 0.3) is 0 Å². The van der Waals surface area contributed by atoms with Gasteiger partial charge >= 0.3 is 6.18 Å². The minimum Gasteiger partial charge on any atom is -0.294 e. The minimum absolute atomic E-state index is 0.316. The zero-order valence-electron chi connectivity index (χ0n) is 9.15. The van der Waals surface area contributed by atoms with Gasteiger partial charge in [-0.15, -0.1) is 0 Å². The second-order valence-electron chi connectivity index (χ2n) is 2.74. The molecule has 0 amide bonds. The van der Waals surface area contributed by atoms with E-state index in [1.54, 1.807) is 0 Å². The average molecular weight is 236 g/mol. The van der Waals surface area contributed by atoms with Crippen molar-refractivity contribution in [3.63, 3.8) is 0 Å². The number of hydrogen-bond donors (Lipinski definition) is 0. The van der Waals surface area contributed by atoms with Crippen LogP contribution in [0, 0.1) is 5.82 Å². The first-order valence-electron chi connectivity index (χ1n) is 4.70. The molecule has 0 unspecified atom stereocenters. The fraction of sp³-hybridized carbons (Fsp3) is 0.364. The zero-order chi connectivity index (χ0) is 12.9. The van der Waals surface area contributed by atoms with Crippen molar-refractivity contribution in [3.05, 3.63) is 35.1 Å². The Balaban J connectivity index is 0.00000106. The van der Waals surface area contributed by atoms with E-state index in [1.165, 1.54) is 0 Å². The standard InChI is InChI=1S/C9H6F4O.C2H6/c1-5(14)7-3-2-6(10)4-8(7)9(11,12)13;1-2/h2-4H,1H3;1-2H3. The van der Waals surface area contributed by atoms with Crippen molar-refractivity contribution in [1.82, 2.24) is 0 Å². The van der Waals surface area contributed by atoms with Crippen molar-refractivity contribution in [1.29, 1.82) is 0 Å². The number of ketones is 1. The van der Waals surface area contributed by atoms with Crippen LogP contribution in [0.3, 0.4) is 0 Å². The number of carbonyl (C=O) groups excluding carboxylic acids is 1. The first-order chi connectivity index (χ1) is 7.32. The Morgan fingerprint density at radius 1 is 1.19 bits per heavy atom. The van der Waals surface area contributed by atoms with Crippen LogP contribution in [-0.2, 0) is 6.18 Å². The molecule has 16 heavy (non-hydrogen) atoms. The molecule has 0 saturated carbocycles. The van der Waals surface area contributed by atoms with Crippen LogP contribution in [0.1, 0.15) is 36.7 Å². The minimum atomic E-state index is -4.71. The number of carbonyl (C=O) groups is 1. The molecule has 0 heterocycles. The molecule has 0 radical (unpaired) electrons. The third-order valence-electron chi connectivity index (χ3n) is 1.67. The Hall–Kier alpha value is -1.39. The molecule has 0 spiro atoms. The second kappa shape index (κ2) is 5.63. The number of hydrogen-bond acceptors (Lipinski definition) is 1. The highest BCUT2D eigenvalue weighted by Crippen LogP contribution is 2.32. The van der Waals surface area contributed by atoms with Crippen molar-refractivity contribution < 1.29 is 22.4 Å². The molecule has 1 rings (SSSR count). The van der Waals surface area contributed by atoms with Gasteiger partial charge in [0.15, 0.2) is 5.78 Å². The van der Waals surface area contributed by atoms with E-state index < -0.39 is 28.9 Å². The lowest BCUT2D eigenvalue weighted by atomic mass is 10.0. The van der Waals surface area contributed by atoms with Gasteiger partial charge in [-0.1, -0.05) is 13.8 Å². The van der Waals surface area contributed by atoms with Gasteiger partial charge < -0.3 is 0 Å². The molecule has 0 aromatic heterocycles. The van der Waals surface area contributed by atoms with Crippen LogP contribution in [0.2, 0.25) is 0 Å². The number of benzene rings is 1. The lowest BCUT2D eigenvalue weighted by Crippen LogP contribution is -2.12. The fourth-order valence-corrected chi connectivity index (χ4v) is 1.06. The van der Waals surface area contributed by atoms with Gasteiger partial charge in [-0.05, 0) is 25.1 Å². The number of alkyl halides is 3. The van der Waals surface area contributed by atoms with Crippen molar-refractivity contribution >= 4 is 5.78 Å². The van der Waals surface area contributed by atoms with Gasteiger partial charge in [-0.2, -0.15) is 13.2 Å². The average Bonchev–Trinajstić information content (AvgIpc) is 2.19. The highest BCUT2D eigenvalue weighted by atomic mass is 19.4. The van der Waals surface area contributed by atoms with Crippen LogP contribution < -0.4 is 0 Å². The summed E-state index contributed by atoms with van der Waals surface area (Å²) in [6.45, 7) is 5.00. The van der Waals surface area contributed by atoms with Crippen molar-refractivity contribution in [2.45, 2.75) is 26.9 Å². The fourth-order valence-electron chi connectivity index (χ4n) is 1.06. The maximum absolute atomic E-state index is 12.5. The van der Waals surface area contributed by atoms with E-state index in [4.69, 9.17) is 0 Å². The molecule has 0 aliphatic carbocycles. The van der Waals surface area contributed by atoms with E-state index in [-0.39, 0.29) is 0 Å². The molecule has 5 heteroatoms. The van der Waals surface area contributed by atoms with Gasteiger partial charge in [-0.3, -0.25) is 4.79 Å². The summed E-state index contributed by atoms with van der Waals surface area (Å²) in [5, 5.41) is 0. The second-order valence-corrected chi connectivity index (χ2v) is 2.74. The van der Waals surface area contributed by atoms with E-state index in [0.717, 1.165) is 19.1 Å². The summed E-state index contributed by atoms with van der Waals surface area (Å²) in [7, 11) is 0. The molecular formula is C11H12F4O. The lowest BCUT2D eigenvalue weighted by Gasteiger charge is -2.10. The smallest absolute Gasteiger partial charge is 0.294 e. The summed E-state index contributed by atoms with van der Waals surface area (Å²) in [5.41, 5.74) is -1.75. The molecule has 1 aromatic rings. The van der Waals surface area contributed by atoms with Gasteiger partial charge in [0.1, 0.15) is 5.82 Å². The maximum atomic E-state index is 12.5. The predicted octanol–water partition coefficient (Wildman–Crippen LogP) is 4.07. The summed E-state index contributed by atoms with van der Waals surface area (Å²) in [6, 6.07) is 1.98. The molecule has 90 valence electrons. The first-order valence-corrected chi connectivity index (χ1v) is 4.70. The van der Waals surface area contributed by atoms with E-state index in [9.17, 15) is 22.4 Å². The first kappa shape index (κ1) is 14.6. The summed E-state index contributed by atoms with van der Waals surface area (Å²) < 4.78 is 49.3. The zero-order valence-corrected chi connectivity index (χ0v) is 9.15. The van der Waals surface area contributed by atoms with Crippen LogP contribution >= 0.6 is 0 Å². The SMILES string of the molecule is CC.CC(=O)c1ccc(F)cc1C(F)(F)F. The molecule has 1 aromatic carbocycles. The molecule has 0 saturated heterocycles. The summed E-state index contributed by atoms with van der Waals surface area (Å²) in [4.78, 5) is 10.8. The Labute approximate surface area is 91.1 Å². The summed E-state index contributed by atoms with van der Waals surface area (Å²) >= 11 is 0. The van der Waals surface area contributed by atoms with Crippen molar-refractivity contribution in [2.75, 3.05) is 0 Å². The van der Waals surface area contributed by atoms with Crippen LogP contribution in [0.25, 0.3) is 0 Å². The Morgan fingerprint density at radius 2 is 1.69 bits per heavy atom. The van der Waals surface area contributed by atoms with Crippen molar-refractivity contribution in [3.8, 4) is 0 Å². The molecule has 0 N–H and O–H groups in total. The molecule has 0 fully saturated rings. The van der Waals surface area contributed by atoms with Crippen LogP contribution in [0.15, 0.2) is 18.2 Å². The van der Waals surface area contributed by atoms with E-state index in [2.05, 4.69) is 0 Å². The quantitative estimate of drug-likeness (QED) is 0.530. The van der Waals surface area contributed by atoms with E-state index >= 15 is 0 Å². The van der Waals surface area contributed by atoms with Gasteiger partial charge in [0.2, 0.25) is 0 Å². The van der Waals surface area contributed by atoms with E-state index in [1.807, 2.05) is 13.8 Å². The van der Waals surface area contributed by atoms with Crippen molar-refractivity contribution in [2.24, 2.45) is 0 Å². The van der Waals surface area contributed by atoms with Gasteiger partial charge in [0.05, 0.1) is 5.56 Å². The Kier molecular flexibility index (Phi) is 5.14. The van der Waals surface area contributed by atoms with Gasteiger partial charge in [-0.25, -0.2) is 4.39 Å². The number of Topliss-reactive ketones (excluding diaryl/α,β-unsaturated/α-hetero) is 1. The normalized spacial score (nSPS) is 10.4. The highest BCUT2D eigenvalue weighted by molar-refractivity contribution is 5.95.